The third-order valence-electron chi connectivity index (χ3n) is 3.31. The maximum atomic E-state index is 14.3. The van der Waals surface area contributed by atoms with E-state index in [2.05, 4.69) is 25.1 Å². The highest BCUT2D eigenvalue weighted by Gasteiger charge is 2.18. The van der Waals surface area contributed by atoms with Crippen LogP contribution in [0.2, 0.25) is 0 Å². The molecule has 23 heavy (non-hydrogen) atoms. The SMILES string of the molecule is CCc1ncnc(Sc2nnc(-c3cccnc3)n2CC)c1F. The first kappa shape index (κ1) is 15.5. The molecule has 0 saturated carbocycles. The zero-order valence-corrected chi connectivity index (χ0v) is 13.6. The van der Waals surface area contributed by atoms with Crippen molar-refractivity contribution in [1.82, 2.24) is 29.7 Å². The number of aromatic nitrogens is 6. The summed E-state index contributed by atoms with van der Waals surface area (Å²) < 4.78 is 16.2. The molecule has 0 bridgehead atoms. The highest BCUT2D eigenvalue weighted by molar-refractivity contribution is 7.99. The second-order valence-corrected chi connectivity index (χ2v) is 5.64. The molecule has 3 aromatic rings. The molecule has 0 atom stereocenters. The topological polar surface area (TPSA) is 69.4 Å². The van der Waals surface area contributed by atoms with Crippen molar-refractivity contribution in [3.63, 3.8) is 0 Å². The average Bonchev–Trinajstić information content (AvgIpc) is 3.00. The quantitative estimate of drug-likeness (QED) is 0.670. The molecule has 0 radical (unpaired) electrons. The number of nitrogens with zero attached hydrogens (tertiary/aromatic N) is 6. The summed E-state index contributed by atoms with van der Waals surface area (Å²) in [5.41, 5.74) is 1.27. The fourth-order valence-electron chi connectivity index (χ4n) is 2.15. The minimum atomic E-state index is -0.395. The summed E-state index contributed by atoms with van der Waals surface area (Å²) in [6.07, 6.45) is 5.32. The first-order valence-electron chi connectivity index (χ1n) is 7.25. The van der Waals surface area contributed by atoms with Crippen molar-refractivity contribution >= 4 is 11.8 Å². The van der Waals surface area contributed by atoms with E-state index in [1.807, 2.05) is 30.5 Å². The van der Waals surface area contributed by atoms with Gasteiger partial charge >= 0.3 is 0 Å². The van der Waals surface area contributed by atoms with Crippen LogP contribution < -0.4 is 0 Å². The Bertz CT molecular complexity index is 805. The molecule has 3 rings (SSSR count). The van der Waals surface area contributed by atoms with Crippen molar-refractivity contribution < 1.29 is 4.39 Å². The molecule has 6 nitrogen and oxygen atoms in total. The van der Waals surface area contributed by atoms with Gasteiger partial charge in [0.15, 0.2) is 16.8 Å². The van der Waals surface area contributed by atoms with Gasteiger partial charge in [0.25, 0.3) is 0 Å². The van der Waals surface area contributed by atoms with E-state index in [4.69, 9.17) is 0 Å². The van der Waals surface area contributed by atoms with Gasteiger partial charge in [0, 0.05) is 24.5 Å². The molecule has 3 heterocycles. The normalized spacial score (nSPS) is 10.9. The molecular weight excluding hydrogens is 315 g/mol. The summed E-state index contributed by atoms with van der Waals surface area (Å²) in [4.78, 5) is 12.1. The van der Waals surface area contributed by atoms with Crippen LogP contribution in [-0.4, -0.2) is 29.7 Å². The molecule has 8 heteroatoms. The van der Waals surface area contributed by atoms with E-state index in [1.165, 1.54) is 6.33 Å². The van der Waals surface area contributed by atoms with Gasteiger partial charge in [-0.1, -0.05) is 6.92 Å². The molecule has 0 aliphatic heterocycles. The van der Waals surface area contributed by atoms with Crippen molar-refractivity contribution in [2.24, 2.45) is 0 Å². The molecule has 0 fully saturated rings. The highest BCUT2D eigenvalue weighted by Crippen LogP contribution is 2.30. The monoisotopic (exact) mass is 330 g/mol. The first-order valence-corrected chi connectivity index (χ1v) is 8.07. The molecule has 0 aliphatic carbocycles. The van der Waals surface area contributed by atoms with E-state index in [-0.39, 0.29) is 5.03 Å². The van der Waals surface area contributed by atoms with Gasteiger partial charge in [0.2, 0.25) is 0 Å². The maximum absolute atomic E-state index is 14.3. The summed E-state index contributed by atoms with van der Waals surface area (Å²) in [5, 5.41) is 9.24. The van der Waals surface area contributed by atoms with Crippen LogP contribution in [0.1, 0.15) is 19.5 Å². The Labute approximate surface area is 137 Å². The lowest BCUT2D eigenvalue weighted by Crippen LogP contribution is -2.02. The van der Waals surface area contributed by atoms with Gasteiger partial charge in [-0.2, -0.15) is 0 Å². The van der Waals surface area contributed by atoms with Crippen LogP contribution in [0.4, 0.5) is 4.39 Å². The third kappa shape index (κ3) is 3.07. The van der Waals surface area contributed by atoms with Crippen LogP contribution in [0.15, 0.2) is 41.0 Å². The first-order chi connectivity index (χ1) is 11.2. The fourth-order valence-corrected chi connectivity index (χ4v) is 3.04. The highest BCUT2D eigenvalue weighted by atomic mass is 32.2. The zero-order chi connectivity index (χ0) is 16.2. The van der Waals surface area contributed by atoms with Gasteiger partial charge in [-0.25, -0.2) is 14.4 Å². The molecule has 0 aliphatic rings. The average molecular weight is 330 g/mol. The van der Waals surface area contributed by atoms with Crippen molar-refractivity contribution in [1.29, 1.82) is 0 Å². The van der Waals surface area contributed by atoms with Gasteiger partial charge in [-0.15, -0.1) is 10.2 Å². The van der Waals surface area contributed by atoms with E-state index in [9.17, 15) is 4.39 Å². The van der Waals surface area contributed by atoms with Crippen LogP contribution in [0.3, 0.4) is 0 Å². The fraction of sp³-hybridized carbons (Fsp3) is 0.267. The standard InChI is InChI=1S/C15H15FN6S/c1-3-11-12(16)14(19-9-18-11)23-15-21-20-13(22(15)4-2)10-6-5-7-17-8-10/h5-9H,3-4H2,1-2H3. The summed E-state index contributed by atoms with van der Waals surface area (Å²) in [5.74, 6) is 0.307. The number of pyridine rings is 1. The molecule has 0 spiro atoms. The Hall–Kier alpha value is -2.35. The Kier molecular flexibility index (Phi) is 4.61. The zero-order valence-electron chi connectivity index (χ0n) is 12.8. The van der Waals surface area contributed by atoms with Crippen LogP contribution in [0.25, 0.3) is 11.4 Å². The van der Waals surface area contributed by atoms with Gasteiger partial charge in [-0.05, 0) is 37.2 Å². The van der Waals surface area contributed by atoms with Gasteiger partial charge in [0.1, 0.15) is 11.4 Å². The van der Waals surface area contributed by atoms with Gasteiger partial charge in [0.05, 0.1) is 5.69 Å². The second-order valence-electron chi connectivity index (χ2n) is 4.69. The number of hydrogen-bond acceptors (Lipinski definition) is 6. The third-order valence-corrected chi connectivity index (χ3v) is 4.27. The van der Waals surface area contributed by atoms with Crippen molar-refractivity contribution in [2.75, 3.05) is 0 Å². The molecule has 0 amide bonds. The molecular formula is C15H15FN6S. The van der Waals surface area contributed by atoms with Crippen LogP contribution in [0.5, 0.6) is 0 Å². The van der Waals surface area contributed by atoms with Gasteiger partial charge < -0.3 is 4.57 Å². The predicted molar refractivity (Wildman–Crippen MR) is 84.4 cm³/mol. The number of hydrogen-bond donors (Lipinski definition) is 0. The predicted octanol–water partition coefficient (Wildman–Crippen LogP) is 3.00. The summed E-state index contributed by atoms with van der Waals surface area (Å²) in [6.45, 7) is 4.50. The summed E-state index contributed by atoms with van der Waals surface area (Å²) in [7, 11) is 0. The van der Waals surface area contributed by atoms with Crippen LogP contribution in [-0.2, 0) is 13.0 Å². The second kappa shape index (κ2) is 6.82. The Morgan fingerprint density at radius 1 is 1.22 bits per heavy atom. The molecule has 0 saturated heterocycles. The molecule has 0 N–H and O–H groups in total. The Morgan fingerprint density at radius 3 is 2.78 bits per heavy atom. The number of rotatable bonds is 5. The minimum Gasteiger partial charge on any atom is -0.302 e. The maximum Gasteiger partial charge on any atom is 0.197 e. The lowest BCUT2D eigenvalue weighted by atomic mass is 10.3. The van der Waals surface area contributed by atoms with Crippen LogP contribution in [0, 0.1) is 5.82 Å². The Balaban J connectivity index is 1.97. The van der Waals surface area contributed by atoms with Crippen molar-refractivity contribution in [3.05, 3.63) is 42.4 Å². The lowest BCUT2D eigenvalue weighted by molar-refractivity contribution is 0.558. The summed E-state index contributed by atoms with van der Waals surface area (Å²) >= 11 is 1.15. The van der Waals surface area contributed by atoms with Crippen molar-refractivity contribution in [3.8, 4) is 11.4 Å². The molecule has 0 aromatic carbocycles. The van der Waals surface area contributed by atoms with E-state index < -0.39 is 5.82 Å². The smallest absolute Gasteiger partial charge is 0.197 e. The number of halogens is 1. The molecule has 3 aromatic heterocycles. The molecule has 0 unspecified atom stereocenters. The Morgan fingerprint density at radius 2 is 2.09 bits per heavy atom. The van der Waals surface area contributed by atoms with Crippen LogP contribution >= 0.6 is 11.8 Å². The minimum absolute atomic E-state index is 0.261. The van der Waals surface area contributed by atoms with Gasteiger partial charge in [-0.3, -0.25) is 4.98 Å². The van der Waals surface area contributed by atoms with Crippen molar-refractivity contribution in [2.45, 2.75) is 37.0 Å². The number of aryl methyl sites for hydroxylation is 1. The van der Waals surface area contributed by atoms with E-state index >= 15 is 0 Å². The van der Waals surface area contributed by atoms with E-state index in [0.717, 1.165) is 17.3 Å². The van der Waals surface area contributed by atoms with E-state index in [1.54, 1.807) is 12.4 Å². The largest absolute Gasteiger partial charge is 0.302 e. The summed E-state index contributed by atoms with van der Waals surface area (Å²) in [6, 6.07) is 3.76. The lowest BCUT2D eigenvalue weighted by Gasteiger charge is -2.07. The van der Waals surface area contributed by atoms with E-state index in [0.29, 0.717) is 29.6 Å². The molecule has 118 valence electrons.